The minimum absolute atomic E-state index is 0.229. The highest BCUT2D eigenvalue weighted by molar-refractivity contribution is 6.10. The molecule has 106 valence electrons. The van der Waals surface area contributed by atoms with E-state index in [9.17, 15) is 0 Å². The van der Waals surface area contributed by atoms with Gasteiger partial charge in [0.1, 0.15) is 12.1 Å². The van der Waals surface area contributed by atoms with Crippen molar-refractivity contribution in [1.82, 2.24) is 0 Å². The normalized spacial score (nSPS) is 9.77. The summed E-state index contributed by atoms with van der Waals surface area (Å²) >= 11 is 0. The Morgan fingerprint density at radius 1 is 0.955 bits per heavy atom. The van der Waals surface area contributed by atoms with Gasteiger partial charge in [-0.1, -0.05) is 18.2 Å². The largest absolute Gasteiger partial charge is 0.276 e. The van der Waals surface area contributed by atoms with Crippen LogP contribution in [0.3, 0.4) is 0 Å². The summed E-state index contributed by atoms with van der Waals surface area (Å²) < 4.78 is 0. The van der Waals surface area contributed by atoms with Crippen LogP contribution in [0.5, 0.6) is 0 Å². The topological polar surface area (TPSA) is 96.7 Å². The number of rotatable bonds is 4. The number of benzene rings is 2. The second kappa shape index (κ2) is 7.32. The van der Waals surface area contributed by atoms with Crippen LogP contribution in [0.25, 0.3) is 0 Å². The van der Waals surface area contributed by atoms with Crippen molar-refractivity contribution in [3.05, 3.63) is 54.1 Å². The SMILES string of the molecule is Cc1cc(N=Nc2ccccc2)ccc1NN=C(C#N)C#N. The van der Waals surface area contributed by atoms with E-state index >= 15 is 0 Å². The maximum Gasteiger partial charge on any atom is 0.237 e. The zero-order valence-corrected chi connectivity index (χ0v) is 11.9. The number of hydrazone groups is 1. The first-order valence-electron chi connectivity index (χ1n) is 6.44. The molecule has 6 heteroatoms. The van der Waals surface area contributed by atoms with Gasteiger partial charge in [0.15, 0.2) is 0 Å². The maximum atomic E-state index is 8.62. The van der Waals surface area contributed by atoms with Crippen LogP contribution < -0.4 is 5.43 Å². The summed E-state index contributed by atoms with van der Waals surface area (Å²) in [5, 5.41) is 29.3. The summed E-state index contributed by atoms with van der Waals surface area (Å²) in [7, 11) is 0. The van der Waals surface area contributed by atoms with E-state index in [1.54, 1.807) is 24.3 Å². The number of hydrogen-bond donors (Lipinski definition) is 1. The molecule has 0 bridgehead atoms. The molecule has 0 saturated carbocycles. The van der Waals surface area contributed by atoms with Crippen LogP contribution in [0.1, 0.15) is 5.56 Å². The van der Waals surface area contributed by atoms with Crippen LogP contribution in [-0.2, 0) is 0 Å². The smallest absolute Gasteiger partial charge is 0.237 e. The standard InChI is InChI=1S/C16H12N6/c1-12-9-14(20-19-13-5-3-2-4-6-13)7-8-16(12)22-21-15(10-17)11-18/h2-9,22H,1H3. The number of nitrogens with one attached hydrogen (secondary N) is 1. The molecular formula is C16H12N6. The van der Waals surface area contributed by atoms with E-state index < -0.39 is 0 Å². The molecule has 22 heavy (non-hydrogen) atoms. The fourth-order valence-corrected chi connectivity index (χ4v) is 1.64. The van der Waals surface area contributed by atoms with Gasteiger partial charge in [-0.15, -0.1) is 0 Å². The van der Waals surface area contributed by atoms with Gasteiger partial charge in [0, 0.05) is 0 Å². The molecule has 0 aliphatic carbocycles. The van der Waals surface area contributed by atoms with Crippen LogP contribution in [0.15, 0.2) is 63.9 Å². The van der Waals surface area contributed by atoms with Gasteiger partial charge in [-0.25, -0.2) is 0 Å². The Morgan fingerprint density at radius 2 is 1.64 bits per heavy atom. The van der Waals surface area contributed by atoms with Gasteiger partial charge in [0.05, 0.1) is 17.1 Å². The third-order valence-corrected chi connectivity index (χ3v) is 2.75. The Balaban J connectivity index is 2.14. The molecule has 0 unspecified atom stereocenters. The quantitative estimate of drug-likeness (QED) is 0.518. The summed E-state index contributed by atoms with van der Waals surface area (Å²) in [5.74, 6) is 0. The van der Waals surface area contributed by atoms with E-state index in [-0.39, 0.29) is 5.71 Å². The number of nitrogens with zero attached hydrogens (tertiary/aromatic N) is 5. The molecule has 0 radical (unpaired) electrons. The molecule has 0 saturated heterocycles. The number of azo groups is 1. The summed E-state index contributed by atoms with van der Waals surface area (Å²) in [6, 6.07) is 18.2. The number of anilines is 1. The van der Waals surface area contributed by atoms with Crippen molar-refractivity contribution in [3.63, 3.8) is 0 Å². The minimum Gasteiger partial charge on any atom is -0.276 e. The number of hydrogen-bond acceptors (Lipinski definition) is 6. The first-order chi connectivity index (χ1) is 10.7. The second-order valence-electron chi connectivity index (χ2n) is 4.33. The molecule has 0 amide bonds. The summed E-state index contributed by atoms with van der Waals surface area (Å²) in [6.07, 6.45) is 0. The highest BCUT2D eigenvalue weighted by Crippen LogP contribution is 2.23. The van der Waals surface area contributed by atoms with E-state index in [0.717, 1.165) is 11.3 Å². The predicted octanol–water partition coefficient (Wildman–Crippen LogP) is 4.23. The average Bonchev–Trinajstić information content (AvgIpc) is 2.56. The zero-order chi connectivity index (χ0) is 15.8. The van der Waals surface area contributed by atoms with Gasteiger partial charge in [-0.2, -0.15) is 25.9 Å². The van der Waals surface area contributed by atoms with Crippen molar-refractivity contribution >= 4 is 22.8 Å². The highest BCUT2D eigenvalue weighted by atomic mass is 15.3. The molecule has 2 rings (SSSR count). The van der Waals surface area contributed by atoms with E-state index in [2.05, 4.69) is 20.8 Å². The molecule has 0 aliphatic heterocycles. The van der Waals surface area contributed by atoms with Gasteiger partial charge in [0.2, 0.25) is 5.71 Å². The Hall–Kier alpha value is -3.51. The lowest BCUT2D eigenvalue weighted by Gasteiger charge is -2.04. The molecule has 0 aromatic heterocycles. The fraction of sp³-hybridized carbons (Fsp3) is 0.0625. The molecule has 2 aromatic rings. The van der Waals surface area contributed by atoms with Crippen LogP contribution in [0.4, 0.5) is 17.1 Å². The van der Waals surface area contributed by atoms with Gasteiger partial charge < -0.3 is 0 Å². The Kier molecular flexibility index (Phi) is 4.95. The highest BCUT2D eigenvalue weighted by Gasteiger charge is 2.00. The van der Waals surface area contributed by atoms with Crippen LogP contribution in [0.2, 0.25) is 0 Å². The molecule has 0 atom stereocenters. The van der Waals surface area contributed by atoms with Crippen LogP contribution in [-0.4, -0.2) is 5.71 Å². The van der Waals surface area contributed by atoms with Crippen molar-refractivity contribution < 1.29 is 0 Å². The molecule has 0 spiro atoms. The second-order valence-corrected chi connectivity index (χ2v) is 4.33. The van der Waals surface area contributed by atoms with Crippen molar-refractivity contribution in [1.29, 1.82) is 10.5 Å². The minimum atomic E-state index is -0.229. The van der Waals surface area contributed by atoms with E-state index in [4.69, 9.17) is 10.5 Å². The first kappa shape index (κ1) is 14.9. The lowest BCUT2D eigenvalue weighted by molar-refractivity contribution is 1.22. The molecule has 0 fully saturated rings. The zero-order valence-electron chi connectivity index (χ0n) is 11.9. The Bertz CT molecular complexity index is 778. The lowest BCUT2D eigenvalue weighted by atomic mass is 10.2. The third-order valence-electron chi connectivity index (χ3n) is 2.75. The van der Waals surface area contributed by atoms with E-state index in [1.165, 1.54) is 0 Å². The van der Waals surface area contributed by atoms with Crippen LogP contribution in [0, 0.1) is 29.6 Å². The monoisotopic (exact) mass is 288 g/mol. The first-order valence-corrected chi connectivity index (χ1v) is 6.44. The summed E-state index contributed by atoms with van der Waals surface area (Å²) in [5.41, 5.74) is 5.51. The Labute approximate surface area is 128 Å². The van der Waals surface area contributed by atoms with Gasteiger partial charge in [-0.05, 0) is 42.8 Å². The van der Waals surface area contributed by atoms with Crippen molar-refractivity contribution in [2.75, 3.05) is 5.43 Å². The molecule has 1 N–H and O–H groups in total. The molecule has 6 nitrogen and oxygen atoms in total. The van der Waals surface area contributed by atoms with Gasteiger partial charge in [0.25, 0.3) is 0 Å². The fourth-order valence-electron chi connectivity index (χ4n) is 1.64. The molecule has 2 aromatic carbocycles. The lowest BCUT2D eigenvalue weighted by Crippen LogP contribution is -1.97. The maximum absolute atomic E-state index is 8.62. The summed E-state index contributed by atoms with van der Waals surface area (Å²) in [4.78, 5) is 0. The molecule has 0 heterocycles. The van der Waals surface area contributed by atoms with E-state index in [1.807, 2.05) is 43.3 Å². The van der Waals surface area contributed by atoms with Crippen molar-refractivity contribution in [2.45, 2.75) is 6.92 Å². The van der Waals surface area contributed by atoms with Gasteiger partial charge in [-0.3, -0.25) is 5.43 Å². The number of nitriles is 2. The van der Waals surface area contributed by atoms with Crippen molar-refractivity contribution in [3.8, 4) is 12.1 Å². The molecule has 0 aliphatic rings. The predicted molar refractivity (Wildman–Crippen MR) is 84.1 cm³/mol. The van der Waals surface area contributed by atoms with Gasteiger partial charge >= 0.3 is 0 Å². The third kappa shape index (κ3) is 3.99. The van der Waals surface area contributed by atoms with Crippen molar-refractivity contribution in [2.24, 2.45) is 15.3 Å². The summed E-state index contributed by atoms with van der Waals surface area (Å²) in [6.45, 7) is 1.87. The Morgan fingerprint density at radius 3 is 2.27 bits per heavy atom. The van der Waals surface area contributed by atoms with E-state index in [0.29, 0.717) is 11.4 Å². The molecular weight excluding hydrogens is 276 g/mol. The number of aryl methyl sites for hydroxylation is 1. The average molecular weight is 288 g/mol. The van der Waals surface area contributed by atoms with Crippen LogP contribution >= 0.6 is 0 Å².